The van der Waals surface area contributed by atoms with Gasteiger partial charge >= 0.3 is 0 Å². The highest BCUT2D eigenvalue weighted by Crippen LogP contribution is 2.19. The fourth-order valence-electron chi connectivity index (χ4n) is 8.80. The van der Waals surface area contributed by atoms with E-state index in [1.165, 1.54) is 161 Å². The van der Waals surface area contributed by atoms with Crippen LogP contribution >= 0.6 is 0 Å². The minimum atomic E-state index is -0.360. The third-order valence-corrected chi connectivity index (χ3v) is 13.5. The third-order valence-electron chi connectivity index (χ3n) is 13.5. The maximum absolute atomic E-state index is 11.3. The van der Waals surface area contributed by atoms with Gasteiger partial charge in [-0.25, -0.2) is 0 Å². The highest BCUT2D eigenvalue weighted by atomic mass is 16.3. The van der Waals surface area contributed by atoms with Crippen molar-refractivity contribution in [2.75, 3.05) is 52.4 Å². The summed E-state index contributed by atoms with van der Waals surface area (Å²) < 4.78 is 0. The van der Waals surface area contributed by atoms with Crippen molar-refractivity contribution in [3.63, 3.8) is 0 Å². The van der Waals surface area contributed by atoms with Crippen molar-refractivity contribution in [3.8, 4) is 0 Å². The molecule has 0 fully saturated rings. The first-order valence-electron chi connectivity index (χ1n) is 27.1. The molecule has 0 rings (SSSR count). The number of rotatable bonds is 49. The van der Waals surface area contributed by atoms with Crippen LogP contribution in [0.4, 0.5) is 0 Å². The van der Waals surface area contributed by atoms with Crippen molar-refractivity contribution in [1.29, 1.82) is 0 Å². The highest BCUT2D eigenvalue weighted by molar-refractivity contribution is 4.75. The Labute approximate surface area is 376 Å². The molecule has 0 aromatic heterocycles. The van der Waals surface area contributed by atoms with Gasteiger partial charge in [0, 0.05) is 39.3 Å². The SMILES string of the molecule is CCCCCCCCCCCCC(O)CN(CCCCCNCCN(CC(O)CC)CC(O)C(C)CCCCCCCCCC)CC(O)C(C)CCCCCCCCCC. The molecule has 0 heterocycles. The van der Waals surface area contributed by atoms with Gasteiger partial charge in [0.25, 0.3) is 0 Å². The lowest BCUT2D eigenvalue weighted by atomic mass is 9.96. The second kappa shape index (κ2) is 45.3. The molecule has 0 aliphatic rings. The number of aliphatic hydroxyl groups is 4. The van der Waals surface area contributed by atoms with Gasteiger partial charge in [-0.05, 0) is 63.5 Å². The Morgan fingerprint density at radius 3 is 1.12 bits per heavy atom. The van der Waals surface area contributed by atoms with Gasteiger partial charge in [0.1, 0.15) is 0 Å². The second-order valence-corrected chi connectivity index (χ2v) is 19.6. The zero-order valence-electron chi connectivity index (χ0n) is 41.6. The van der Waals surface area contributed by atoms with Crippen LogP contribution in [0.1, 0.15) is 253 Å². The molecular formula is C53H111N3O4. The summed E-state index contributed by atoms with van der Waals surface area (Å²) in [5.74, 6) is 0.562. The molecule has 6 atom stereocenters. The number of unbranched alkanes of at least 4 members (excludes halogenated alkanes) is 25. The van der Waals surface area contributed by atoms with E-state index in [1.807, 2.05) is 6.92 Å². The number of hydrogen-bond donors (Lipinski definition) is 5. The number of aliphatic hydroxyl groups excluding tert-OH is 4. The predicted octanol–water partition coefficient (Wildman–Crippen LogP) is 12.8. The Kier molecular flexibility index (Phi) is 45.1. The first-order chi connectivity index (χ1) is 29.2. The van der Waals surface area contributed by atoms with E-state index < -0.39 is 0 Å². The van der Waals surface area contributed by atoms with E-state index in [-0.39, 0.29) is 36.3 Å². The van der Waals surface area contributed by atoms with Gasteiger partial charge in [-0.1, -0.05) is 215 Å². The Hall–Kier alpha value is -0.280. The number of nitrogens with zero attached hydrogens (tertiary/aromatic N) is 2. The summed E-state index contributed by atoms with van der Waals surface area (Å²) in [5.41, 5.74) is 0. The normalized spacial score (nSPS) is 15.2. The molecule has 60 heavy (non-hydrogen) atoms. The van der Waals surface area contributed by atoms with Gasteiger partial charge < -0.3 is 25.7 Å². The minimum absolute atomic E-state index is 0.277. The maximum Gasteiger partial charge on any atom is 0.0692 e. The molecule has 0 aromatic rings. The molecule has 0 radical (unpaired) electrons. The summed E-state index contributed by atoms with van der Waals surface area (Å²) in [4.78, 5) is 4.62. The Balaban J connectivity index is 4.71. The monoisotopic (exact) mass is 854 g/mol. The molecule has 6 unspecified atom stereocenters. The van der Waals surface area contributed by atoms with E-state index in [0.717, 1.165) is 77.5 Å². The Bertz CT molecular complexity index is 836. The van der Waals surface area contributed by atoms with Gasteiger partial charge in [-0.2, -0.15) is 0 Å². The van der Waals surface area contributed by atoms with Gasteiger partial charge in [-0.3, -0.25) is 9.80 Å². The van der Waals surface area contributed by atoms with E-state index in [1.54, 1.807) is 0 Å². The molecule has 0 aliphatic carbocycles. The molecule has 7 nitrogen and oxygen atoms in total. The van der Waals surface area contributed by atoms with Crippen LogP contribution < -0.4 is 5.32 Å². The molecule has 0 spiro atoms. The fourth-order valence-corrected chi connectivity index (χ4v) is 8.80. The quantitative estimate of drug-likeness (QED) is 0.0389. The summed E-state index contributed by atoms with van der Waals surface area (Å²) in [6.45, 7) is 19.4. The molecule has 0 aromatic carbocycles. The number of hydrogen-bond acceptors (Lipinski definition) is 7. The van der Waals surface area contributed by atoms with Crippen LogP contribution in [-0.4, -0.2) is 107 Å². The van der Waals surface area contributed by atoms with Gasteiger partial charge in [0.05, 0.1) is 24.4 Å². The summed E-state index contributed by atoms with van der Waals surface area (Å²) in [5, 5.41) is 47.6. The molecule has 0 bridgehead atoms. The third kappa shape index (κ3) is 39.3. The van der Waals surface area contributed by atoms with Gasteiger partial charge in [0.15, 0.2) is 0 Å². The molecule has 5 N–H and O–H groups in total. The molecule has 0 aliphatic heterocycles. The van der Waals surface area contributed by atoms with Crippen molar-refractivity contribution in [2.24, 2.45) is 11.8 Å². The lowest BCUT2D eigenvalue weighted by molar-refractivity contribution is 0.0387. The van der Waals surface area contributed by atoms with E-state index >= 15 is 0 Å². The van der Waals surface area contributed by atoms with Crippen molar-refractivity contribution >= 4 is 0 Å². The first kappa shape index (κ1) is 59.7. The summed E-state index contributed by atoms with van der Waals surface area (Å²) in [6, 6.07) is 0. The standard InChI is InChI=1S/C53H111N3O4/c1-7-11-14-17-20-23-24-27-30-34-39-51(58)45-55(46-52(59)48(5)37-32-28-25-21-18-15-12-8-2)42-36-31-35-40-54-41-43-56(44-50(57)10-4)47-53(60)49(6)38-33-29-26-22-19-16-13-9-3/h48-54,57-60H,7-47H2,1-6H3. The van der Waals surface area contributed by atoms with Crippen molar-refractivity contribution in [2.45, 2.75) is 278 Å². The maximum atomic E-state index is 11.3. The minimum Gasteiger partial charge on any atom is -0.392 e. The summed E-state index contributed by atoms with van der Waals surface area (Å²) in [6.07, 6.45) is 39.9. The van der Waals surface area contributed by atoms with Crippen LogP contribution in [0.25, 0.3) is 0 Å². The van der Waals surface area contributed by atoms with Crippen molar-refractivity contribution < 1.29 is 20.4 Å². The molecular weight excluding hydrogens is 743 g/mol. The van der Waals surface area contributed by atoms with Crippen LogP contribution in [0.5, 0.6) is 0 Å². The number of nitrogens with one attached hydrogen (secondary N) is 1. The van der Waals surface area contributed by atoms with E-state index in [2.05, 4.69) is 49.7 Å². The molecule has 0 saturated heterocycles. The largest absolute Gasteiger partial charge is 0.392 e. The fraction of sp³-hybridized carbons (Fsp3) is 1.00. The van der Waals surface area contributed by atoms with Crippen LogP contribution in [0, 0.1) is 11.8 Å². The average Bonchev–Trinajstić information content (AvgIpc) is 3.23. The second-order valence-electron chi connectivity index (χ2n) is 19.6. The Morgan fingerprint density at radius 2 is 0.700 bits per heavy atom. The highest BCUT2D eigenvalue weighted by Gasteiger charge is 2.21. The average molecular weight is 854 g/mol. The zero-order valence-corrected chi connectivity index (χ0v) is 41.6. The van der Waals surface area contributed by atoms with E-state index in [4.69, 9.17) is 0 Å². The van der Waals surface area contributed by atoms with Crippen LogP contribution in [0.2, 0.25) is 0 Å². The lowest BCUT2D eigenvalue weighted by Crippen LogP contribution is -2.43. The topological polar surface area (TPSA) is 99.4 Å². The molecule has 7 heteroatoms. The Morgan fingerprint density at radius 1 is 0.350 bits per heavy atom. The first-order valence-corrected chi connectivity index (χ1v) is 27.1. The van der Waals surface area contributed by atoms with E-state index in [9.17, 15) is 20.4 Å². The van der Waals surface area contributed by atoms with Crippen LogP contribution in [0.3, 0.4) is 0 Å². The van der Waals surface area contributed by atoms with Gasteiger partial charge in [0.2, 0.25) is 0 Å². The molecule has 0 saturated carbocycles. The van der Waals surface area contributed by atoms with Crippen LogP contribution in [0.15, 0.2) is 0 Å². The zero-order chi connectivity index (χ0) is 44.3. The van der Waals surface area contributed by atoms with E-state index in [0.29, 0.717) is 26.2 Å². The molecule has 362 valence electrons. The van der Waals surface area contributed by atoms with Crippen LogP contribution in [-0.2, 0) is 0 Å². The lowest BCUT2D eigenvalue weighted by Gasteiger charge is -2.30. The smallest absolute Gasteiger partial charge is 0.0692 e. The summed E-state index contributed by atoms with van der Waals surface area (Å²) in [7, 11) is 0. The van der Waals surface area contributed by atoms with Gasteiger partial charge in [-0.15, -0.1) is 0 Å². The van der Waals surface area contributed by atoms with Crippen molar-refractivity contribution in [3.05, 3.63) is 0 Å². The summed E-state index contributed by atoms with van der Waals surface area (Å²) >= 11 is 0. The predicted molar refractivity (Wildman–Crippen MR) is 263 cm³/mol. The molecule has 0 amide bonds. The van der Waals surface area contributed by atoms with Crippen molar-refractivity contribution in [1.82, 2.24) is 15.1 Å².